The van der Waals surface area contributed by atoms with Crippen LogP contribution in [0.15, 0.2) is 28.1 Å². The number of carboxylic acids is 2. The van der Waals surface area contributed by atoms with Gasteiger partial charge in [-0.15, -0.1) is 16.9 Å². The molecule has 2 saturated heterocycles. The van der Waals surface area contributed by atoms with Crippen LogP contribution in [-0.4, -0.2) is 165 Å². The van der Waals surface area contributed by atoms with Crippen LogP contribution in [0.25, 0.3) is 0 Å². The molecule has 1 saturated carbocycles. The van der Waals surface area contributed by atoms with Crippen molar-refractivity contribution in [3.05, 3.63) is 22.9 Å². The molecular weight excluding hydrogens is 560 g/mol. The third-order valence-electron chi connectivity index (χ3n) is 6.13. The Morgan fingerprint density at radius 3 is 2.58 bits per heavy atom. The van der Waals surface area contributed by atoms with Gasteiger partial charge in [0.1, 0.15) is 23.7 Å². The number of likely N-dealkylation sites (tertiary alicyclic amines) is 1. The van der Waals surface area contributed by atoms with Crippen molar-refractivity contribution in [2.75, 3.05) is 18.1 Å². The summed E-state index contributed by atoms with van der Waals surface area (Å²) in [5.74, 6) is -3.43. The number of carboxylic acid groups (broad SMARTS) is 2. The Morgan fingerprint density at radius 2 is 1.92 bits per heavy atom. The molecule has 1 aliphatic carbocycles. The molecule has 0 unspecified atom stereocenters. The van der Waals surface area contributed by atoms with E-state index in [1.807, 2.05) is 4.90 Å². The van der Waals surface area contributed by atoms with Gasteiger partial charge in [0.15, 0.2) is 0 Å². The molecule has 14 nitrogen and oxygen atoms in total. The second-order valence-electron chi connectivity index (χ2n) is 8.58. The van der Waals surface area contributed by atoms with Crippen molar-refractivity contribution in [3.63, 3.8) is 0 Å². The van der Waals surface area contributed by atoms with E-state index in [9.17, 15) is 29.1 Å². The number of nitrogens with one attached hydrogen (secondary N) is 1. The number of amides is 3. The van der Waals surface area contributed by atoms with Gasteiger partial charge < -0.3 is 20.4 Å². The van der Waals surface area contributed by atoms with Crippen LogP contribution in [-0.2, 0) is 30.5 Å². The SMILES string of the molecule is O=C(O)Cn1nnnc1SCC(=O)N[C@@H]1C(=O)N2C(C(=O)O)=C(/C=C3\CCN(C4CC4)C3=O)CS[C@H]12.[NaH].[NaH]. The summed E-state index contributed by atoms with van der Waals surface area (Å²) >= 11 is 2.23. The minimum absolute atomic E-state index is 0. The molecule has 0 spiro atoms. The van der Waals surface area contributed by atoms with Crippen LogP contribution >= 0.6 is 23.5 Å². The van der Waals surface area contributed by atoms with E-state index in [1.54, 1.807) is 6.08 Å². The molecule has 4 aliphatic rings. The molecular formula is C20H23N7Na2O7S2. The number of rotatable bonds is 9. The molecule has 4 heterocycles. The summed E-state index contributed by atoms with van der Waals surface area (Å²) in [5, 5.41) is 31.5. The van der Waals surface area contributed by atoms with Gasteiger partial charge in [-0.3, -0.25) is 24.1 Å². The van der Waals surface area contributed by atoms with Crippen LogP contribution in [0.3, 0.4) is 0 Å². The number of allylic oxidation sites excluding steroid dienone is 1. The van der Waals surface area contributed by atoms with Crippen LogP contribution in [0.1, 0.15) is 19.3 Å². The van der Waals surface area contributed by atoms with Crippen molar-refractivity contribution in [1.29, 1.82) is 0 Å². The predicted molar refractivity (Wildman–Crippen MR) is 138 cm³/mol. The first-order valence-corrected chi connectivity index (χ1v) is 13.1. The summed E-state index contributed by atoms with van der Waals surface area (Å²) < 4.78 is 1.03. The van der Waals surface area contributed by atoms with Gasteiger partial charge in [0.05, 0.1) is 5.75 Å². The number of nitrogens with zero attached hydrogens (tertiary/aromatic N) is 6. The molecule has 3 aliphatic heterocycles. The van der Waals surface area contributed by atoms with E-state index in [0.29, 0.717) is 24.1 Å². The number of carbonyl (C=O) groups excluding carboxylic acids is 3. The molecule has 194 valence electrons. The molecule has 1 aromatic rings. The van der Waals surface area contributed by atoms with Crippen LogP contribution in [0, 0.1) is 0 Å². The number of aliphatic carboxylic acids is 2. The molecule has 0 bridgehead atoms. The fourth-order valence-corrected chi connectivity index (χ4v) is 6.33. The Morgan fingerprint density at radius 1 is 1.18 bits per heavy atom. The second-order valence-corrected chi connectivity index (χ2v) is 10.6. The summed E-state index contributed by atoms with van der Waals surface area (Å²) in [5.41, 5.74) is 0.792. The molecule has 0 radical (unpaired) electrons. The number of fused-ring (bicyclic) bond motifs is 1. The first-order chi connectivity index (χ1) is 17.2. The molecule has 1 aromatic heterocycles. The van der Waals surface area contributed by atoms with E-state index in [4.69, 9.17) is 5.11 Å². The summed E-state index contributed by atoms with van der Waals surface area (Å²) in [4.78, 5) is 63.9. The van der Waals surface area contributed by atoms with E-state index in [2.05, 4.69) is 20.8 Å². The van der Waals surface area contributed by atoms with Crippen LogP contribution < -0.4 is 5.32 Å². The standard InChI is InChI=1S/C20H21N7O7S2.2Na.2H/c28-12(8-36-20-22-23-24-26(20)6-13(29)30)21-14-17(32)27-15(19(33)34)10(7-35-18(14)27)5-9-3-4-25(16(9)31)11-1-2-11;;;;/h5,11,14,18H,1-4,6-8H2,(H,21,28)(H,29,30)(H,33,34);;;;/b9-5+;;;;/t14-,18-;;;;/m1..../s1. The molecule has 38 heavy (non-hydrogen) atoms. The van der Waals surface area contributed by atoms with Crippen molar-refractivity contribution in [2.24, 2.45) is 0 Å². The fourth-order valence-electron chi connectivity index (χ4n) is 4.34. The first kappa shape index (κ1) is 31.1. The molecule has 3 fully saturated rings. The Balaban J connectivity index is 0.00000200. The Hall–Kier alpha value is -1.40. The van der Waals surface area contributed by atoms with E-state index in [1.165, 1.54) is 11.8 Å². The van der Waals surface area contributed by atoms with Crippen molar-refractivity contribution in [3.8, 4) is 0 Å². The van der Waals surface area contributed by atoms with Crippen LogP contribution in [0.5, 0.6) is 0 Å². The van der Waals surface area contributed by atoms with Gasteiger partial charge in [-0.05, 0) is 41.3 Å². The molecule has 18 heteroatoms. The number of carbonyl (C=O) groups is 5. The number of hydrogen-bond acceptors (Lipinski definition) is 10. The summed E-state index contributed by atoms with van der Waals surface area (Å²) in [6.45, 7) is 0.164. The van der Waals surface area contributed by atoms with Gasteiger partial charge in [-0.25, -0.2) is 9.48 Å². The minimum atomic E-state index is -1.27. The van der Waals surface area contributed by atoms with Crippen molar-refractivity contribution in [2.45, 2.75) is 48.4 Å². The first-order valence-electron chi connectivity index (χ1n) is 11.1. The number of tetrazole rings is 1. The number of aromatic nitrogens is 4. The summed E-state index contributed by atoms with van der Waals surface area (Å²) in [6.07, 6.45) is 4.13. The Labute approximate surface area is 268 Å². The third kappa shape index (κ3) is 6.32. The summed E-state index contributed by atoms with van der Waals surface area (Å²) in [6, 6.07) is -0.620. The van der Waals surface area contributed by atoms with E-state index in [-0.39, 0.29) is 93.4 Å². The molecule has 2 atom stereocenters. The molecule has 5 rings (SSSR count). The maximum absolute atomic E-state index is 12.8. The zero-order chi connectivity index (χ0) is 25.6. The van der Waals surface area contributed by atoms with Gasteiger partial charge >= 0.3 is 71.1 Å². The van der Waals surface area contributed by atoms with Gasteiger partial charge in [0.25, 0.3) is 5.91 Å². The van der Waals surface area contributed by atoms with Crippen LogP contribution in [0.2, 0.25) is 0 Å². The van der Waals surface area contributed by atoms with Gasteiger partial charge in [0, 0.05) is 23.9 Å². The monoisotopic (exact) mass is 583 g/mol. The Bertz CT molecular complexity index is 1240. The van der Waals surface area contributed by atoms with Crippen molar-refractivity contribution >= 4 is 112 Å². The zero-order valence-electron chi connectivity index (χ0n) is 18.7. The quantitative estimate of drug-likeness (QED) is 0.121. The Kier molecular flexibility index (Phi) is 10.5. The van der Waals surface area contributed by atoms with E-state index < -0.39 is 41.7 Å². The number of hydrogen-bond donors (Lipinski definition) is 3. The molecule has 3 amide bonds. The van der Waals surface area contributed by atoms with Gasteiger partial charge in [-0.1, -0.05) is 11.8 Å². The average molecular weight is 584 g/mol. The fraction of sp³-hybridized carbons (Fsp3) is 0.500. The number of β-lactam (4-membered cyclic amide) rings is 1. The second kappa shape index (κ2) is 12.8. The predicted octanol–water partition coefficient (Wildman–Crippen LogP) is -2.39. The van der Waals surface area contributed by atoms with Crippen molar-refractivity contribution < 1.29 is 34.2 Å². The third-order valence-corrected chi connectivity index (χ3v) is 8.39. The van der Waals surface area contributed by atoms with Gasteiger partial charge in [0.2, 0.25) is 17.0 Å². The number of thioether (sulfide) groups is 2. The molecule has 3 N–H and O–H groups in total. The average Bonchev–Trinajstić information content (AvgIpc) is 3.48. The van der Waals surface area contributed by atoms with E-state index in [0.717, 1.165) is 34.2 Å². The maximum atomic E-state index is 12.8. The summed E-state index contributed by atoms with van der Waals surface area (Å²) in [7, 11) is 0. The normalized spacial score (nSPS) is 23.4. The van der Waals surface area contributed by atoms with Gasteiger partial charge in [-0.2, -0.15) is 0 Å². The van der Waals surface area contributed by atoms with Crippen molar-refractivity contribution in [1.82, 2.24) is 35.3 Å². The van der Waals surface area contributed by atoms with Crippen LogP contribution in [0.4, 0.5) is 0 Å². The van der Waals surface area contributed by atoms with E-state index >= 15 is 0 Å². The topological polar surface area (TPSA) is 188 Å². The molecule has 0 aromatic carbocycles. The zero-order valence-corrected chi connectivity index (χ0v) is 20.3.